The lowest BCUT2D eigenvalue weighted by Gasteiger charge is -2.38. The minimum atomic E-state index is -0.807. The Morgan fingerprint density at radius 3 is 2.71 bits per heavy atom. The van der Waals surface area contributed by atoms with Crippen molar-refractivity contribution in [3.8, 4) is 0 Å². The number of pyridine rings is 1. The number of fused-ring (bicyclic) bond motifs is 3. The third-order valence-corrected chi connectivity index (χ3v) is 5.25. The molecular weight excluding hydrogens is 358 g/mol. The normalized spacial score (nSPS) is 21.5. The molecule has 0 unspecified atom stereocenters. The van der Waals surface area contributed by atoms with Gasteiger partial charge in [-0.05, 0) is 18.6 Å². The molecule has 0 fully saturated rings. The van der Waals surface area contributed by atoms with Crippen molar-refractivity contribution in [2.45, 2.75) is 31.8 Å². The van der Waals surface area contributed by atoms with Gasteiger partial charge in [0.2, 0.25) is 0 Å². The summed E-state index contributed by atoms with van der Waals surface area (Å²) in [5, 5.41) is 23.8. The number of anilines is 1. The lowest BCUT2D eigenvalue weighted by molar-refractivity contribution is -0.0597. The Morgan fingerprint density at radius 1 is 1.21 bits per heavy atom. The summed E-state index contributed by atoms with van der Waals surface area (Å²) in [5.74, 6) is 0. The van der Waals surface area contributed by atoms with Crippen molar-refractivity contribution < 1.29 is 19.7 Å². The monoisotopic (exact) mass is 383 g/mol. The Balaban J connectivity index is 1.85. The number of hydrogen-bond donors (Lipinski definition) is 3. The average molecular weight is 383 g/mol. The molecule has 3 N–H and O–H groups in total. The van der Waals surface area contributed by atoms with Crippen LogP contribution in [0.2, 0.25) is 0 Å². The SMILES string of the molecule is COCc1nc2c3c(ccn2c1C)[C@@H](OCCO)[C@H](O)[C@@H](c1ccccc1)N3. The zero-order valence-electron chi connectivity index (χ0n) is 16.0. The molecule has 0 saturated heterocycles. The number of rotatable bonds is 6. The minimum Gasteiger partial charge on any atom is -0.394 e. The van der Waals surface area contributed by atoms with E-state index in [4.69, 9.17) is 14.5 Å². The molecule has 0 aliphatic carbocycles. The number of nitrogens with one attached hydrogen (secondary N) is 1. The van der Waals surface area contributed by atoms with Crippen molar-refractivity contribution in [1.82, 2.24) is 9.38 Å². The first-order chi connectivity index (χ1) is 13.7. The molecule has 28 heavy (non-hydrogen) atoms. The van der Waals surface area contributed by atoms with Crippen LogP contribution in [0, 0.1) is 6.92 Å². The van der Waals surface area contributed by atoms with E-state index in [-0.39, 0.29) is 19.3 Å². The second-order valence-corrected chi connectivity index (χ2v) is 6.95. The molecular formula is C21H25N3O4. The van der Waals surface area contributed by atoms with Gasteiger partial charge in [-0.1, -0.05) is 30.3 Å². The van der Waals surface area contributed by atoms with E-state index in [1.54, 1.807) is 7.11 Å². The largest absolute Gasteiger partial charge is 0.394 e. The van der Waals surface area contributed by atoms with E-state index < -0.39 is 12.2 Å². The first-order valence-electron chi connectivity index (χ1n) is 9.37. The van der Waals surface area contributed by atoms with Crippen LogP contribution in [-0.4, -0.2) is 46.0 Å². The molecule has 1 aliphatic heterocycles. The van der Waals surface area contributed by atoms with E-state index in [0.29, 0.717) is 6.61 Å². The van der Waals surface area contributed by atoms with Crippen LogP contribution in [0.4, 0.5) is 5.69 Å². The van der Waals surface area contributed by atoms with Gasteiger partial charge in [0.1, 0.15) is 12.2 Å². The minimum absolute atomic E-state index is 0.106. The summed E-state index contributed by atoms with van der Waals surface area (Å²) in [6.45, 7) is 2.48. The summed E-state index contributed by atoms with van der Waals surface area (Å²) in [7, 11) is 1.65. The molecule has 3 atom stereocenters. The molecule has 4 rings (SSSR count). The summed E-state index contributed by atoms with van der Waals surface area (Å²) < 4.78 is 13.1. The van der Waals surface area contributed by atoms with E-state index in [0.717, 1.165) is 33.8 Å². The number of ether oxygens (including phenoxy) is 2. The molecule has 3 heterocycles. The Labute approximate surface area is 163 Å². The van der Waals surface area contributed by atoms with Crippen molar-refractivity contribution in [1.29, 1.82) is 0 Å². The molecule has 0 radical (unpaired) electrons. The van der Waals surface area contributed by atoms with Crippen LogP contribution in [0.5, 0.6) is 0 Å². The number of imidazole rings is 1. The van der Waals surface area contributed by atoms with Crippen LogP contribution < -0.4 is 5.32 Å². The molecule has 148 valence electrons. The van der Waals surface area contributed by atoms with Crippen LogP contribution in [0.1, 0.15) is 34.7 Å². The second-order valence-electron chi connectivity index (χ2n) is 6.95. The highest BCUT2D eigenvalue weighted by Crippen LogP contribution is 2.43. The highest BCUT2D eigenvalue weighted by Gasteiger charge is 2.38. The maximum Gasteiger partial charge on any atom is 0.161 e. The first-order valence-corrected chi connectivity index (χ1v) is 9.37. The molecule has 0 bridgehead atoms. The molecule has 7 heteroatoms. The standard InChI is InChI=1S/C21H25N3O4/c1-13-16(12-27-2)22-21-18-15(8-9-24(13)21)20(28-11-10-25)19(26)17(23-18)14-6-4-3-5-7-14/h3-9,17,19-20,23,25-26H,10-12H2,1-2H3/t17-,19-,20-/m1/s1. The molecule has 2 aromatic heterocycles. The second kappa shape index (κ2) is 7.89. The number of nitrogens with zero attached hydrogens (tertiary/aromatic N) is 2. The fourth-order valence-corrected chi connectivity index (χ4v) is 3.85. The number of methoxy groups -OCH3 is 1. The Hall–Kier alpha value is -2.45. The third-order valence-electron chi connectivity index (χ3n) is 5.25. The van der Waals surface area contributed by atoms with Gasteiger partial charge in [-0.15, -0.1) is 0 Å². The van der Waals surface area contributed by atoms with Crippen LogP contribution in [0.15, 0.2) is 42.6 Å². The van der Waals surface area contributed by atoms with Crippen LogP contribution in [-0.2, 0) is 16.1 Å². The number of benzene rings is 1. The molecule has 0 amide bonds. The summed E-state index contributed by atoms with van der Waals surface area (Å²) in [6.07, 6.45) is 0.558. The third kappa shape index (κ3) is 3.16. The number of aliphatic hydroxyl groups is 2. The Morgan fingerprint density at radius 2 is 2.00 bits per heavy atom. The van der Waals surface area contributed by atoms with Gasteiger partial charge >= 0.3 is 0 Å². The van der Waals surface area contributed by atoms with Crippen molar-refractivity contribution in [3.05, 3.63) is 65.1 Å². The van der Waals surface area contributed by atoms with Gasteiger partial charge in [-0.2, -0.15) is 0 Å². The van der Waals surface area contributed by atoms with Crippen molar-refractivity contribution in [2.75, 3.05) is 25.6 Å². The van der Waals surface area contributed by atoms with Crippen LogP contribution in [0.3, 0.4) is 0 Å². The molecule has 0 saturated carbocycles. The zero-order valence-corrected chi connectivity index (χ0v) is 16.0. The van der Waals surface area contributed by atoms with E-state index in [1.165, 1.54) is 0 Å². The lowest BCUT2D eigenvalue weighted by atomic mass is 9.89. The van der Waals surface area contributed by atoms with Crippen molar-refractivity contribution >= 4 is 11.3 Å². The molecule has 0 spiro atoms. The van der Waals surface area contributed by atoms with Gasteiger partial charge in [0.15, 0.2) is 5.65 Å². The highest BCUT2D eigenvalue weighted by molar-refractivity contribution is 5.75. The van der Waals surface area contributed by atoms with Gasteiger partial charge in [0.25, 0.3) is 0 Å². The van der Waals surface area contributed by atoms with Crippen molar-refractivity contribution in [2.24, 2.45) is 0 Å². The fourth-order valence-electron chi connectivity index (χ4n) is 3.85. The predicted octanol–water partition coefficient (Wildman–Crippen LogP) is 2.37. The van der Waals surface area contributed by atoms with Gasteiger partial charge in [-0.25, -0.2) is 4.98 Å². The van der Waals surface area contributed by atoms with E-state index in [1.807, 2.05) is 53.9 Å². The van der Waals surface area contributed by atoms with Crippen LogP contribution >= 0.6 is 0 Å². The van der Waals surface area contributed by atoms with Crippen molar-refractivity contribution in [3.63, 3.8) is 0 Å². The first kappa shape index (κ1) is 18.9. The number of aliphatic hydroxyl groups excluding tert-OH is 2. The quantitative estimate of drug-likeness (QED) is 0.606. The van der Waals surface area contributed by atoms with E-state index in [9.17, 15) is 10.2 Å². The number of aromatic nitrogens is 2. The summed E-state index contributed by atoms with van der Waals surface area (Å²) >= 11 is 0. The maximum absolute atomic E-state index is 11.1. The smallest absolute Gasteiger partial charge is 0.161 e. The van der Waals surface area contributed by atoms with E-state index in [2.05, 4.69) is 5.32 Å². The fraction of sp³-hybridized carbons (Fsp3) is 0.381. The molecule has 1 aromatic carbocycles. The van der Waals surface area contributed by atoms with E-state index >= 15 is 0 Å². The predicted molar refractivity (Wildman–Crippen MR) is 105 cm³/mol. The van der Waals surface area contributed by atoms with Gasteiger partial charge in [0.05, 0.1) is 37.2 Å². The number of aryl methyl sites for hydroxylation is 1. The molecule has 7 nitrogen and oxygen atoms in total. The van der Waals surface area contributed by atoms with Crippen LogP contribution in [0.25, 0.3) is 5.65 Å². The highest BCUT2D eigenvalue weighted by atomic mass is 16.5. The average Bonchev–Trinajstić information content (AvgIpc) is 3.04. The lowest BCUT2D eigenvalue weighted by Crippen LogP contribution is -2.38. The Kier molecular flexibility index (Phi) is 5.32. The summed E-state index contributed by atoms with van der Waals surface area (Å²) in [6, 6.07) is 11.4. The zero-order chi connectivity index (χ0) is 19.7. The summed E-state index contributed by atoms with van der Waals surface area (Å²) in [4.78, 5) is 4.77. The summed E-state index contributed by atoms with van der Waals surface area (Å²) in [5.41, 5.74) is 5.27. The maximum atomic E-state index is 11.1. The Bertz CT molecular complexity index is 957. The van der Waals surface area contributed by atoms with Gasteiger partial charge in [-0.3, -0.25) is 0 Å². The topological polar surface area (TPSA) is 88.3 Å². The molecule has 3 aromatic rings. The van der Waals surface area contributed by atoms with Gasteiger partial charge in [0, 0.05) is 24.6 Å². The van der Waals surface area contributed by atoms with Gasteiger partial charge < -0.3 is 29.4 Å². The molecule has 1 aliphatic rings. The number of hydrogen-bond acceptors (Lipinski definition) is 6.